The first kappa shape index (κ1) is 26.6. The van der Waals surface area contributed by atoms with Crippen LogP contribution >= 0.6 is 11.3 Å². The molecule has 8 heteroatoms. The molecule has 4 rings (SSSR count). The van der Waals surface area contributed by atoms with E-state index in [1.807, 2.05) is 58.9 Å². The molecule has 0 radical (unpaired) electrons. The normalized spacial score (nSPS) is 13.7. The van der Waals surface area contributed by atoms with Crippen LogP contribution in [0.5, 0.6) is 5.75 Å². The van der Waals surface area contributed by atoms with E-state index in [1.165, 1.54) is 0 Å². The Hall–Kier alpha value is -2.97. The van der Waals surface area contributed by atoms with Gasteiger partial charge in [-0.05, 0) is 56.3 Å². The summed E-state index contributed by atoms with van der Waals surface area (Å²) in [4.78, 5) is 14.1. The van der Waals surface area contributed by atoms with E-state index in [9.17, 15) is 4.79 Å². The minimum absolute atomic E-state index is 0.287. The summed E-state index contributed by atoms with van der Waals surface area (Å²) in [7, 11) is 1.65. The van der Waals surface area contributed by atoms with E-state index in [0.717, 1.165) is 38.4 Å². The molecule has 7 nitrogen and oxygen atoms in total. The second kappa shape index (κ2) is 12.1. The molecular formula is C27H35N3O4S. The van der Waals surface area contributed by atoms with Crippen molar-refractivity contribution in [3.05, 3.63) is 47.5 Å². The number of fused-ring (bicyclic) bond motifs is 1. The number of methoxy groups -OCH3 is 1. The molecule has 1 amide bonds. The molecule has 0 bridgehead atoms. The predicted molar refractivity (Wildman–Crippen MR) is 142 cm³/mol. The second-order valence-corrected chi connectivity index (χ2v) is 9.72. The number of hydrogen-bond acceptors (Lipinski definition) is 7. The van der Waals surface area contributed by atoms with Gasteiger partial charge in [0.05, 0.1) is 17.0 Å². The van der Waals surface area contributed by atoms with E-state index >= 15 is 0 Å². The van der Waals surface area contributed by atoms with Gasteiger partial charge in [0.2, 0.25) is 0 Å². The highest BCUT2D eigenvalue weighted by molar-refractivity contribution is 7.17. The molecule has 2 aromatic heterocycles. The standard InChI is InChI=1S/C25H29N3O4S.C2H6/c1-25(2,3)32-24(29)28-12-9-17(10-13-28)21-19-11-16-33-23(19)22(27-26-21)18-7-5-6-8-20(18)31-15-14-30-4;1-2/h5-9,11,16H,10,12-15H2,1-4H3;1-2H3. The van der Waals surface area contributed by atoms with Crippen molar-refractivity contribution in [3.8, 4) is 17.0 Å². The van der Waals surface area contributed by atoms with Gasteiger partial charge in [0.25, 0.3) is 0 Å². The Labute approximate surface area is 211 Å². The largest absolute Gasteiger partial charge is 0.490 e. The van der Waals surface area contributed by atoms with Crippen LogP contribution in [0.15, 0.2) is 41.8 Å². The van der Waals surface area contributed by atoms with Crippen LogP contribution in [-0.2, 0) is 9.47 Å². The number of carbonyl (C=O) groups is 1. The maximum absolute atomic E-state index is 12.4. The maximum atomic E-state index is 12.4. The molecule has 0 spiro atoms. The third-order valence-corrected chi connectivity index (χ3v) is 6.16. The molecule has 188 valence electrons. The average molecular weight is 498 g/mol. The van der Waals surface area contributed by atoms with Crippen LogP contribution < -0.4 is 4.74 Å². The number of amides is 1. The van der Waals surface area contributed by atoms with Gasteiger partial charge in [0, 0.05) is 31.1 Å². The highest BCUT2D eigenvalue weighted by Gasteiger charge is 2.25. The molecule has 3 heterocycles. The highest BCUT2D eigenvalue weighted by Crippen LogP contribution is 2.38. The molecule has 0 atom stereocenters. The van der Waals surface area contributed by atoms with Crippen molar-refractivity contribution >= 4 is 33.1 Å². The van der Waals surface area contributed by atoms with Crippen molar-refractivity contribution in [3.63, 3.8) is 0 Å². The summed E-state index contributed by atoms with van der Waals surface area (Å²) in [6, 6.07) is 9.95. The third-order valence-electron chi connectivity index (χ3n) is 5.24. The fourth-order valence-electron chi connectivity index (χ4n) is 3.69. The fourth-order valence-corrected chi connectivity index (χ4v) is 4.59. The van der Waals surface area contributed by atoms with E-state index in [1.54, 1.807) is 23.3 Å². The Balaban J connectivity index is 0.00000167. The maximum Gasteiger partial charge on any atom is 0.410 e. The summed E-state index contributed by atoms with van der Waals surface area (Å²) in [5.74, 6) is 0.760. The quantitative estimate of drug-likeness (QED) is 0.365. The van der Waals surface area contributed by atoms with Gasteiger partial charge in [-0.15, -0.1) is 21.5 Å². The molecule has 0 N–H and O–H groups in total. The molecule has 0 fully saturated rings. The Morgan fingerprint density at radius 3 is 2.51 bits per heavy atom. The molecule has 3 aromatic rings. The molecule has 0 unspecified atom stereocenters. The van der Waals surface area contributed by atoms with Gasteiger partial charge in [-0.1, -0.05) is 32.1 Å². The van der Waals surface area contributed by atoms with Crippen molar-refractivity contribution in [2.24, 2.45) is 0 Å². The lowest BCUT2D eigenvalue weighted by molar-refractivity contribution is 0.0270. The molecule has 1 aliphatic rings. The number of nitrogens with zero attached hydrogens (tertiary/aromatic N) is 3. The minimum Gasteiger partial charge on any atom is -0.490 e. The van der Waals surface area contributed by atoms with Gasteiger partial charge in [-0.25, -0.2) is 4.79 Å². The third kappa shape index (κ3) is 6.58. The zero-order chi connectivity index (χ0) is 25.4. The minimum atomic E-state index is -0.505. The van der Waals surface area contributed by atoms with Crippen molar-refractivity contribution in [2.45, 2.75) is 46.6 Å². The summed E-state index contributed by atoms with van der Waals surface area (Å²) in [5.41, 5.74) is 3.19. The predicted octanol–water partition coefficient (Wildman–Crippen LogP) is 6.43. The highest BCUT2D eigenvalue weighted by atomic mass is 32.1. The lowest BCUT2D eigenvalue weighted by Crippen LogP contribution is -2.39. The number of aromatic nitrogens is 2. The summed E-state index contributed by atoms with van der Waals surface area (Å²) in [6.45, 7) is 11.7. The van der Waals surface area contributed by atoms with Gasteiger partial charge >= 0.3 is 6.09 Å². The number of carbonyl (C=O) groups excluding carboxylic acids is 1. The Morgan fingerprint density at radius 1 is 1.09 bits per heavy atom. The molecule has 0 saturated carbocycles. The average Bonchev–Trinajstić information content (AvgIpc) is 3.35. The molecular weight excluding hydrogens is 462 g/mol. The van der Waals surface area contributed by atoms with Crippen LogP contribution in [0.1, 0.15) is 46.7 Å². The number of thiophene rings is 1. The van der Waals surface area contributed by atoms with E-state index in [-0.39, 0.29) is 6.09 Å². The number of rotatable bonds is 6. The van der Waals surface area contributed by atoms with Gasteiger partial charge in [0.15, 0.2) is 0 Å². The van der Waals surface area contributed by atoms with E-state index in [2.05, 4.69) is 27.7 Å². The number of benzene rings is 1. The van der Waals surface area contributed by atoms with Crippen molar-refractivity contribution in [2.75, 3.05) is 33.4 Å². The van der Waals surface area contributed by atoms with E-state index in [0.29, 0.717) is 32.7 Å². The van der Waals surface area contributed by atoms with Gasteiger partial charge in [-0.3, -0.25) is 0 Å². The zero-order valence-electron chi connectivity index (χ0n) is 21.5. The Morgan fingerprint density at radius 2 is 1.83 bits per heavy atom. The first-order valence-electron chi connectivity index (χ1n) is 12.0. The molecule has 35 heavy (non-hydrogen) atoms. The fraction of sp³-hybridized carbons (Fsp3) is 0.444. The van der Waals surface area contributed by atoms with E-state index in [4.69, 9.17) is 14.2 Å². The molecule has 1 aromatic carbocycles. The first-order chi connectivity index (χ1) is 16.9. The van der Waals surface area contributed by atoms with Gasteiger partial charge in [-0.2, -0.15) is 0 Å². The zero-order valence-corrected chi connectivity index (χ0v) is 22.3. The number of ether oxygens (including phenoxy) is 3. The van der Waals surface area contributed by atoms with Crippen molar-refractivity contribution in [1.29, 1.82) is 0 Å². The summed E-state index contributed by atoms with van der Waals surface area (Å²) >= 11 is 1.64. The van der Waals surface area contributed by atoms with Crippen molar-refractivity contribution in [1.82, 2.24) is 15.1 Å². The SMILES string of the molecule is CC.COCCOc1ccccc1-c1nnc(C2=CCN(C(=O)OC(C)(C)C)CC2)c2ccsc12. The van der Waals surface area contributed by atoms with Gasteiger partial charge in [0.1, 0.15) is 23.7 Å². The summed E-state index contributed by atoms with van der Waals surface area (Å²) < 4.78 is 17.6. The molecule has 1 aliphatic heterocycles. The molecule has 0 aliphatic carbocycles. The lowest BCUT2D eigenvalue weighted by atomic mass is 10.0. The topological polar surface area (TPSA) is 73.8 Å². The first-order valence-corrected chi connectivity index (χ1v) is 12.9. The number of para-hydroxylation sites is 1. The second-order valence-electron chi connectivity index (χ2n) is 8.80. The smallest absolute Gasteiger partial charge is 0.410 e. The van der Waals surface area contributed by atoms with Crippen molar-refractivity contribution < 1.29 is 19.0 Å². The van der Waals surface area contributed by atoms with Crippen LogP contribution in [0.25, 0.3) is 26.9 Å². The number of hydrogen-bond donors (Lipinski definition) is 0. The lowest BCUT2D eigenvalue weighted by Gasteiger charge is -2.29. The van der Waals surface area contributed by atoms with E-state index < -0.39 is 5.60 Å². The van der Waals surface area contributed by atoms with Crippen LogP contribution in [0.3, 0.4) is 0 Å². The van der Waals surface area contributed by atoms with Crippen LogP contribution in [0, 0.1) is 0 Å². The summed E-state index contributed by atoms with van der Waals surface area (Å²) in [5, 5.41) is 12.4. The monoisotopic (exact) mass is 497 g/mol. The van der Waals surface area contributed by atoms with Crippen LogP contribution in [0.4, 0.5) is 4.79 Å². The Kier molecular flexibility index (Phi) is 9.23. The van der Waals surface area contributed by atoms with Gasteiger partial charge < -0.3 is 19.1 Å². The van der Waals surface area contributed by atoms with Crippen LogP contribution in [-0.4, -0.2) is 60.2 Å². The van der Waals surface area contributed by atoms with Crippen LogP contribution in [0.2, 0.25) is 0 Å². The Bertz CT molecular complexity index is 1170. The molecule has 0 saturated heterocycles. The summed E-state index contributed by atoms with van der Waals surface area (Å²) in [6.07, 6.45) is 2.47.